The maximum Gasteiger partial charge on any atom is 0.134 e. The first kappa shape index (κ1) is 14.6. The van der Waals surface area contributed by atoms with Crippen LogP contribution in [0.2, 0.25) is 0 Å². The van der Waals surface area contributed by atoms with Crippen LogP contribution in [0.3, 0.4) is 0 Å². The molecule has 0 bridgehead atoms. The third-order valence-corrected chi connectivity index (χ3v) is 3.45. The van der Waals surface area contributed by atoms with Gasteiger partial charge in [-0.2, -0.15) is 0 Å². The van der Waals surface area contributed by atoms with Crippen LogP contribution in [0.1, 0.15) is 12.5 Å². The third-order valence-electron chi connectivity index (χ3n) is 3.45. The van der Waals surface area contributed by atoms with Gasteiger partial charge in [0.1, 0.15) is 17.5 Å². The van der Waals surface area contributed by atoms with Crippen LogP contribution < -0.4 is 0 Å². The van der Waals surface area contributed by atoms with Gasteiger partial charge in [-0.15, -0.1) is 12.4 Å². The summed E-state index contributed by atoms with van der Waals surface area (Å²) >= 11 is 0. The van der Waals surface area contributed by atoms with Crippen molar-refractivity contribution in [3.05, 3.63) is 47.8 Å². The SMILES string of the molecule is CC1=NC(N(C)Cc2ccccc2)=CC2=NCCN12.Cl. The molecule has 0 unspecified atom stereocenters. The van der Waals surface area contributed by atoms with Gasteiger partial charge in [-0.25, -0.2) is 4.99 Å². The van der Waals surface area contributed by atoms with Gasteiger partial charge in [0.2, 0.25) is 0 Å². The van der Waals surface area contributed by atoms with E-state index < -0.39 is 0 Å². The van der Waals surface area contributed by atoms with E-state index in [0.717, 1.165) is 37.1 Å². The van der Waals surface area contributed by atoms with Gasteiger partial charge >= 0.3 is 0 Å². The number of halogens is 1. The van der Waals surface area contributed by atoms with Gasteiger partial charge in [-0.05, 0) is 12.5 Å². The van der Waals surface area contributed by atoms with Crippen molar-refractivity contribution >= 4 is 24.1 Å². The van der Waals surface area contributed by atoms with E-state index in [0.29, 0.717) is 0 Å². The molecule has 20 heavy (non-hydrogen) atoms. The zero-order valence-corrected chi connectivity index (χ0v) is 12.6. The molecule has 0 saturated carbocycles. The molecular weight excluding hydrogens is 272 g/mol. The van der Waals surface area contributed by atoms with Gasteiger partial charge in [-0.3, -0.25) is 4.99 Å². The van der Waals surface area contributed by atoms with Crippen molar-refractivity contribution in [2.24, 2.45) is 9.98 Å². The molecule has 0 N–H and O–H groups in total. The van der Waals surface area contributed by atoms with Crippen LogP contribution in [-0.4, -0.2) is 41.6 Å². The highest BCUT2D eigenvalue weighted by Crippen LogP contribution is 2.18. The molecule has 1 aromatic rings. The summed E-state index contributed by atoms with van der Waals surface area (Å²) < 4.78 is 0. The molecule has 2 heterocycles. The number of amidine groups is 2. The van der Waals surface area contributed by atoms with E-state index in [-0.39, 0.29) is 12.4 Å². The molecule has 0 spiro atoms. The molecule has 0 amide bonds. The first-order valence-electron chi connectivity index (χ1n) is 6.58. The minimum Gasteiger partial charge on any atom is -0.355 e. The Labute approximate surface area is 125 Å². The minimum atomic E-state index is 0. The Morgan fingerprint density at radius 3 is 2.75 bits per heavy atom. The molecule has 5 heteroatoms. The van der Waals surface area contributed by atoms with Gasteiger partial charge in [-0.1, -0.05) is 30.3 Å². The number of nitrogens with zero attached hydrogens (tertiary/aromatic N) is 4. The lowest BCUT2D eigenvalue weighted by Gasteiger charge is -2.27. The minimum absolute atomic E-state index is 0. The fourth-order valence-corrected chi connectivity index (χ4v) is 2.42. The second-order valence-electron chi connectivity index (χ2n) is 4.89. The second-order valence-corrected chi connectivity index (χ2v) is 4.89. The first-order chi connectivity index (χ1) is 9.24. The lowest BCUT2D eigenvalue weighted by atomic mass is 10.2. The molecule has 0 saturated heterocycles. The Kier molecular flexibility index (Phi) is 4.45. The smallest absolute Gasteiger partial charge is 0.134 e. The maximum absolute atomic E-state index is 4.67. The summed E-state index contributed by atoms with van der Waals surface area (Å²) in [5.41, 5.74) is 1.29. The normalized spacial score (nSPS) is 16.7. The van der Waals surface area contributed by atoms with Gasteiger partial charge in [0.05, 0.1) is 6.54 Å². The Balaban J connectivity index is 0.00000147. The summed E-state index contributed by atoms with van der Waals surface area (Å²) in [7, 11) is 2.07. The van der Waals surface area contributed by atoms with Gasteiger partial charge in [0, 0.05) is 26.2 Å². The summed E-state index contributed by atoms with van der Waals surface area (Å²) in [5, 5.41) is 0. The highest BCUT2D eigenvalue weighted by Gasteiger charge is 2.23. The molecule has 0 aromatic heterocycles. The zero-order chi connectivity index (χ0) is 13.2. The molecule has 1 aromatic carbocycles. The van der Waals surface area contributed by atoms with Crippen molar-refractivity contribution in [2.45, 2.75) is 13.5 Å². The second kappa shape index (κ2) is 6.09. The molecule has 3 rings (SSSR count). The number of fused-ring (bicyclic) bond motifs is 1. The summed E-state index contributed by atoms with van der Waals surface area (Å²) in [6.07, 6.45) is 2.07. The Hall–Kier alpha value is -1.81. The quantitative estimate of drug-likeness (QED) is 0.856. The van der Waals surface area contributed by atoms with Crippen LogP contribution in [0, 0.1) is 0 Å². The third kappa shape index (κ3) is 2.85. The zero-order valence-electron chi connectivity index (χ0n) is 11.8. The number of benzene rings is 1. The van der Waals surface area contributed by atoms with E-state index in [4.69, 9.17) is 0 Å². The first-order valence-corrected chi connectivity index (χ1v) is 6.58. The largest absolute Gasteiger partial charge is 0.355 e. The molecule has 106 valence electrons. The molecule has 0 fully saturated rings. The average Bonchev–Trinajstić information content (AvgIpc) is 2.88. The van der Waals surface area contributed by atoms with Crippen LogP contribution in [0.15, 0.2) is 52.2 Å². The highest BCUT2D eigenvalue weighted by atomic mass is 35.5. The van der Waals surface area contributed by atoms with Crippen LogP contribution in [0.4, 0.5) is 0 Å². The van der Waals surface area contributed by atoms with Crippen LogP contribution in [0.5, 0.6) is 0 Å². The Morgan fingerprint density at radius 1 is 1.25 bits per heavy atom. The van der Waals surface area contributed by atoms with E-state index in [1.807, 2.05) is 13.0 Å². The van der Waals surface area contributed by atoms with Crippen LogP contribution in [-0.2, 0) is 6.54 Å². The highest BCUT2D eigenvalue weighted by molar-refractivity contribution is 6.08. The fourth-order valence-electron chi connectivity index (χ4n) is 2.42. The molecule has 0 radical (unpaired) electrons. The lowest BCUT2D eigenvalue weighted by molar-refractivity contribution is 0.404. The van der Waals surface area contributed by atoms with E-state index in [9.17, 15) is 0 Å². The Bertz CT molecular complexity index is 562. The number of rotatable bonds is 3. The number of aliphatic imine (C=N–C) groups is 2. The molecular formula is C15H19ClN4. The molecule has 2 aliphatic rings. The standard InChI is InChI=1S/C15H18N4.ClH/c1-12-17-15(10-14-16-8-9-19(12)14)18(2)11-13-6-4-3-5-7-13;/h3-7,10H,8-9,11H2,1-2H3;1H. The summed E-state index contributed by atoms with van der Waals surface area (Å²) in [6, 6.07) is 10.4. The van der Waals surface area contributed by atoms with Crippen molar-refractivity contribution in [3.63, 3.8) is 0 Å². The topological polar surface area (TPSA) is 31.2 Å². The lowest BCUT2D eigenvalue weighted by Crippen LogP contribution is -2.36. The van der Waals surface area contributed by atoms with Crippen molar-refractivity contribution < 1.29 is 0 Å². The van der Waals surface area contributed by atoms with Crippen molar-refractivity contribution in [1.82, 2.24) is 9.80 Å². The summed E-state index contributed by atoms with van der Waals surface area (Å²) in [5.74, 6) is 3.06. The van der Waals surface area contributed by atoms with Gasteiger partial charge < -0.3 is 9.80 Å². The molecule has 2 aliphatic heterocycles. The van der Waals surface area contributed by atoms with Crippen LogP contribution >= 0.6 is 12.4 Å². The molecule has 0 aliphatic carbocycles. The van der Waals surface area contributed by atoms with E-state index >= 15 is 0 Å². The maximum atomic E-state index is 4.67. The van der Waals surface area contributed by atoms with Crippen molar-refractivity contribution in [3.8, 4) is 0 Å². The fraction of sp³-hybridized carbons (Fsp3) is 0.333. The van der Waals surface area contributed by atoms with Gasteiger partial charge in [0.15, 0.2) is 0 Å². The average molecular weight is 291 g/mol. The van der Waals surface area contributed by atoms with E-state index in [1.165, 1.54) is 5.56 Å². The van der Waals surface area contributed by atoms with E-state index in [1.54, 1.807) is 0 Å². The molecule has 0 atom stereocenters. The predicted molar refractivity (Wildman–Crippen MR) is 85.4 cm³/mol. The van der Waals surface area contributed by atoms with Crippen LogP contribution in [0.25, 0.3) is 0 Å². The summed E-state index contributed by atoms with van der Waals surface area (Å²) in [4.78, 5) is 13.5. The van der Waals surface area contributed by atoms with Crippen molar-refractivity contribution in [2.75, 3.05) is 20.1 Å². The monoisotopic (exact) mass is 290 g/mol. The Morgan fingerprint density at radius 2 is 2.00 bits per heavy atom. The van der Waals surface area contributed by atoms with Crippen molar-refractivity contribution in [1.29, 1.82) is 0 Å². The van der Waals surface area contributed by atoms with Gasteiger partial charge in [0.25, 0.3) is 0 Å². The summed E-state index contributed by atoms with van der Waals surface area (Å²) in [6.45, 7) is 4.73. The number of hydrogen-bond donors (Lipinski definition) is 0. The predicted octanol–water partition coefficient (Wildman–Crippen LogP) is 2.53. The molecule has 4 nitrogen and oxygen atoms in total. The van der Waals surface area contributed by atoms with E-state index in [2.05, 4.69) is 57.2 Å². The number of hydrogen-bond acceptors (Lipinski definition) is 4.